The number of hydrogen-bond donors (Lipinski definition) is 3. The van der Waals surface area contributed by atoms with Crippen LogP contribution in [0.25, 0.3) is 0 Å². The molecule has 4 N–H and O–H groups in total. The van der Waals surface area contributed by atoms with Gasteiger partial charge in [0.15, 0.2) is 0 Å². The lowest BCUT2D eigenvalue weighted by molar-refractivity contribution is -0.105. The minimum absolute atomic E-state index is 0.192. The molecule has 3 heteroatoms. The van der Waals surface area contributed by atoms with Crippen LogP contribution in [0.4, 0.5) is 0 Å². The molecule has 0 aliphatic heterocycles. The second-order valence-electron chi connectivity index (χ2n) is 9.01. The molecule has 3 fully saturated rings. The quantitative estimate of drug-likeness (QED) is 0.603. The van der Waals surface area contributed by atoms with Gasteiger partial charge in [-0.25, -0.2) is 0 Å². The maximum atomic E-state index is 10.9. The molecule has 4 aliphatic carbocycles. The van der Waals surface area contributed by atoms with Crippen molar-refractivity contribution in [3.05, 3.63) is 11.6 Å². The van der Waals surface area contributed by atoms with Crippen molar-refractivity contribution in [2.45, 2.75) is 77.0 Å². The predicted octanol–water partition coefficient (Wildman–Crippen LogP) is 2.61. The minimum atomic E-state index is -0.305. The first-order valence-corrected chi connectivity index (χ1v) is 9.19. The standard InChI is InChI=1S/C19H31NO2/c1-18-7-5-12(21)9-11(18)10-15(22)17-13-3-4-16(20)19(13,2)8-6-14(17)18/h9,12-17,21-22H,3-8,10,20H2,1-2H3/t12?,13-,14+,15?,16?,17-,18-,19-/m0/s1. The van der Waals surface area contributed by atoms with Crippen molar-refractivity contribution < 1.29 is 10.2 Å². The first-order chi connectivity index (χ1) is 10.4. The summed E-state index contributed by atoms with van der Waals surface area (Å²) in [4.78, 5) is 0. The average molecular weight is 305 g/mol. The van der Waals surface area contributed by atoms with E-state index in [1.54, 1.807) is 0 Å². The second kappa shape index (κ2) is 4.81. The van der Waals surface area contributed by atoms with Crippen molar-refractivity contribution in [2.75, 3.05) is 0 Å². The van der Waals surface area contributed by atoms with Gasteiger partial charge in [-0.1, -0.05) is 25.5 Å². The number of hydrogen-bond acceptors (Lipinski definition) is 3. The topological polar surface area (TPSA) is 66.5 Å². The van der Waals surface area contributed by atoms with E-state index >= 15 is 0 Å². The summed E-state index contributed by atoms with van der Waals surface area (Å²) in [5, 5.41) is 20.9. The Morgan fingerprint density at radius 3 is 2.59 bits per heavy atom. The SMILES string of the molecule is C[C@]12CCC(O)C=C1CC(O)[C@@H]1[C@H]2CC[C@]2(C)C(N)CC[C@@H]12. The molecule has 0 amide bonds. The lowest BCUT2D eigenvalue weighted by Crippen LogP contribution is -2.56. The molecule has 4 aliphatic rings. The van der Waals surface area contributed by atoms with Gasteiger partial charge in [0.05, 0.1) is 12.2 Å². The van der Waals surface area contributed by atoms with Crippen molar-refractivity contribution in [3.8, 4) is 0 Å². The van der Waals surface area contributed by atoms with Crippen molar-refractivity contribution in [3.63, 3.8) is 0 Å². The Morgan fingerprint density at radius 2 is 1.82 bits per heavy atom. The molecular weight excluding hydrogens is 274 g/mol. The molecule has 0 aromatic carbocycles. The van der Waals surface area contributed by atoms with E-state index in [1.807, 2.05) is 0 Å². The molecule has 0 spiro atoms. The second-order valence-corrected chi connectivity index (χ2v) is 9.01. The van der Waals surface area contributed by atoms with Crippen LogP contribution in [0.15, 0.2) is 11.6 Å². The highest BCUT2D eigenvalue weighted by Crippen LogP contribution is 2.65. The lowest BCUT2D eigenvalue weighted by atomic mass is 9.46. The minimum Gasteiger partial charge on any atom is -0.392 e. The van der Waals surface area contributed by atoms with Crippen molar-refractivity contribution in [1.29, 1.82) is 0 Å². The molecule has 0 bridgehead atoms. The summed E-state index contributed by atoms with van der Waals surface area (Å²) in [5.74, 6) is 1.56. The lowest BCUT2D eigenvalue weighted by Gasteiger charge is -2.59. The van der Waals surface area contributed by atoms with Crippen LogP contribution in [0.3, 0.4) is 0 Å². The fourth-order valence-corrected chi connectivity index (χ4v) is 6.72. The zero-order valence-electron chi connectivity index (χ0n) is 14.0. The monoisotopic (exact) mass is 305 g/mol. The van der Waals surface area contributed by atoms with Gasteiger partial charge in [-0.15, -0.1) is 0 Å². The van der Waals surface area contributed by atoms with E-state index in [0.717, 1.165) is 25.7 Å². The Hall–Kier alpha value is -0.380. The van der Waals surface area contributed by atoms with E-state index < -0.39 is 0 Å². The van der Waals surface area contributed by atoms with Gasteiger partial charge in [-0.2, -0.15) is 0 Å². The Morgan fingerprint density at radius 1 is 1.05 bits per heavy atom. The fourth-order valence-electron chi connectivity index (χ4n) is 6.72. The first-order valence-electron chi connectivity index (χ1n) is 9.19. The zero-order valence-corrected chi connectivity index (χ0v) is 14.0. The van der Waals surface area contributed by atoms with Crippen LogP contribution in [0, 0.1) is 28.6 Å². The van der Waals surface area contributed by atoms with Gasteiger partial charge in [-0.3, -0.25) is 0 Å². The van der Waals surface area contributed by atoms with Crippen molar-refractivity contribution >= 4 is 0 Å². The first kappa shape index (κ1) is 15.2. The highest BCUT2D eigenvalue weighted by Gasteiger charge is 2.60. The fraction of sp³-hybridized carbons (Fsp3) is 0.895. The van der Waals surface area contributed by atoms with Gasteiger partial charge in [0.25, 0.3) is 0 Å². The van der Waals surface area contributed by atoms with Crippen LogP contribution < -0.4 is 5.73 Å². The van der Waals surface area contributed by atoms with Crippen LogP contribution in [0.2, 0.25) is 0 Å². The molecule has 4 rings (SSSR count). The molecule has 8 atom stereocenters. The number of aliphatic hydroxyl groups is 2. The van der Waals surface area contributed by atoms with Gasteiger partial charge in [0, 0.05) is 6.04 Å². The van der Waals surface area contributed by atoms with Crippen LogP contribution in [-0.4, -0.2) is 28.5 Å². The largest absolute Gasteiger partial charge is 0.392 e. The predicted molar refractivity (Wildman–Crippen MR) is 87.1 cm³/mol. The van der Waals surface area contributed by atoms with Gasteiger partial charge < -0.3 is 15.9 Å². The van der Waals surface area contributed by atoms with Crippen LogP contribution in [-0.2, 0) is 0 Å². The maximum Gasteiger partial charge on any atom is 0.0724 e. The van der Waals surface area contributed by atoms with E-state index in [2.05, 4.69) is 19.9 Å². The Balaban J connectivity index is 1.72. The highest BCUT2D eigenvalue weighted by molar-refractivity contribution is 5.27. The smallest absolute Gasteiger partial charge is 0.0724 e. The summed E-state index contributed by atoms with van der Waals surface area (Å²) in [6.07, 6.45) is 8.91. The number of aliphatic hydroxyl groups excluding tert-OH is 2. The maximum absolute atomic E-state index is 10.9. The van der Waals surface area contributed by atoms with E-state index in [1.165, 1.54) is 24.8 Å². The van der Waals surface area contributed by atoms with E-state index in [0.29, 0.717) is 23.8 Å². The molecule has 124 valence electrons. The number of nitrogens with two attached hydrogens (primary N) is 1. The molecule has 3 nitrogen and oxygen atoms in total. The third kappa shape index (κ3) is 1.85. The van der Waals surface area contributed by atoms with Crippen molar-refractivity contribution in [2.24, 2.45) is 34.3 Å². The summed E-state index contributed by atoms with van der Waals surface area (Å²) in [6.45, 7) is 4.77. The molecule has 0 saturated heterocycles. The van der Waals surface area contributed by atoms with Crippen LogP contribution >= 0.6 is 0 Å². The Kier molecular flexibility index (Phi) is 3.32. The third-order valence-electron chi connectivity index (χ3n) is 8.18. The van der Waals surface area contributed by atoms with Gasteiger partial charge in [-0.05, 0) is 73.5 Å². The molecule has 0 aromatic heterocycles. The van der Waals surface area contributed by atoms with E-state index in [-0.39, 0.29) is 23.0 Å². The molecule has 3 unspecified atom stereocenters. The molecule has 0 aromatic rings. The summed E-state index contributed by atoms with van der Waals surface area (Å²) < 4.78 is 0. The molecule has 0 heterocycles. The van der Waals surface area contributed by atoms with Crippen LogP contribution in [0.5, 0.6) is 0 Å². The summed E-state index contributed by atoms with van der Waals surface area (Å²) in [5.41, 5.74) is 8.19. The van der Waals surface area contributed by atoms with E-state index in [9.17, 15) is 10.2 Å². The van der Waals surface area contributed by atoms with E-state index in [4.69, 9.17) is 5.73 Å². The molecule has 3 saturated carbocycles. The number of fused-ring (bicyclic) bond motifs is 5. The Bertz CT molecular complexity index is 504. The average Bonchev–Trinajstić information content (AvgIpc) is 2.77. The molecule has 22 heavy (non-hydrogen) atoms. The van der Waals surface area contributed by atoms with Gasteiger partial charge in [0.1, 0.15) is 0 Å². The summed E-state index contributed by atoms with van der Waals surface area (Å²) >= 11 is 0. The molecular formula is C19H31NO2. The van der Waals surface area contributed by atoms with Gasteiger partial charge >= 0.3 is 0 Å². The number of rotatable bonds is 0. The van der Waals surface area contributed by atoms with Crippen LogP contribution in [0.1, 0.15) is 58.8 Å². The highest BCUT2D eigenvalue weighted by atomic mass is 16.3. The normalized spacial score (nSPS) is 57.6. The Labute approximate surface area is 134 Å². The molecule has 0 radical (unpaired) electrons. The summed E-state index contributed by atoms with van der Waals surface area (Å²) in [6, 6.07) is 0.309. The van der Waals surface area contributed by atoms with Gasteiger partial charge in [0.2, 0.25) is 0 Å². The zero-order chi connectivity index (χ0) is 15.7. The third-order valence-corrected chi connectivity index (χ3v) is 8.18. The van der Waals surface area contributed by atoms with Crippen molar-refractivity contribution in [1.82, 2.24) is 0 Å². The summed E-state index contributed by atoms with van der Waals surface area (Å²) in [7, 11) is 0.